The number of nitrogens with zero attached hydrogens (tertiary/aromatic N) is 2. The van der Waals surface area contributed by atoms with Gasteiger partial charge < -0.3 is 4.90 Å². The van der Waals surface area contributed by atoms with Gasteiger partial charge in [-0.1, -0.05) is 270 Å². The largest absolute Gasteiger partial charge is 0.372 e. The van der Waals surface area contributed by atoms with Gasteiger partial charge in [-0.3, -0.25) is 0 Å². The van der Waals surface area contributed by atoms with Crippen LogP contribution in [0, 0.1) is 0 Å². The SMILES string of the molecule is CCCCCCCCCCCCCCCCCCCCN(CCCCCCCCCCCCCCCCCCCC)c1ccc(C=Cc2cc[n+](CCCC)cc2)cc1. The first kappa shape index (κ1) is 53.0. The lowest BCUT2D eigenvalue weighted by Gasteiger charge is -2.25. The normalized spacial score (nSPS) is 11.6. The lowest BCUT2D eigenvalue weighted by Crippen LogP contribution is -2.32. The fourth-order valence-electron chi connectivity index (χ4n) is 8.84. The Balaban J connectivity index is 1.62. The van der Waals surface area contributed by atoms with Crippen molar-refractivity contribution in [2.24, 2.45) is 0 Å². The van der Waals surface area contributed by atoms with Crippen LogP contribution in [0.1, 0.15) is 276 Å². The summed E-state index contributed by atoms with van der Waals surface area (Å²) < 4.78 is 2.30. The molecule has 0 aliphatic carbocycles. The summed E-state index contributed by atoms with van der Waals surface area (Å²) in [5, 5.41) is 0. The Morgan fingerprint density at radius 2 is 0.593 bits per heavy atom. The summed E-state index contributed by atoms with van der Waals surface area (Å²) in [4.78, 5) is 2.71. The Labute approximate surface area is 370 Å². The van der Waals surface area contributed by atoms with E-state index < -0.39 is 0 Å². The van der Waals surface area contributed by atoms with Gasteiger partial charge in [-0.05, 0) is 36.1 Å². The molecule has 0 bridgehead atoms. The molecule has 0 unspecified atom stereocenters. The molecule has 0 spiro atoms. The van der Waals surface area contributed by atoms with Gasteiger partial charge in [0.1, 0.15) is 6.54 Å². The van der Waals surface area contributed by atoms with Crippen molar-refractivity contribution < 1.29 is 4.57 Å². The average molecular weight is 814 g/mol. The van der Waals surface area contributed by atoms with E-state index in [1.807, 2.05) is 0 Å². The molecule has 0 radical (unpaired) electrons. The van der Waals surface area contributed by atoms with Gasteiger partial charge in [0.15, 0.2) is 12.4 Å². The van der Waals surface area contributed by atoms with Crippen LogP contribution in [0.5, 0.6) is 0 Å². The average Bonchev–Trinajstić information content (AvgIpc) is 3.26. The molecule has 0 aliphatic heterocycles. The maximum Gasteiger partial charge on any atom is 0.169 e. The van der Waals surface area contributed by atoms with Crippen molar-refractivity contribution in [3.8, 4) is 0 Å². The molecule has 338 valence electrons. The molecule has 0 N–H and O–H groups in total. The minimum atomic E-state index is 1.11. The zero-order valence-corrected chi connectivity index (χ0v) is 40.2. The van der Waals surface area contributed by atoms with Crippen molar-refractivity contribution in [2.45, 2.75) is 271 Å². The van der Waals surface area contributed by atoms with E-state index in [0.717, 1.165) is 6.54 Å². The van der Waals surface area contributed by atoms with Gasteiger partial charge in [0.05, 0.1) is 0 Å². The van der Waals surface area contributed by atoms with Crippen molar-refractivity contribution in [2.75, 3.05) is 18.0 Å². The molecule has 1 aromatic heterocycles. The standard InChI is InChI=1S/C57H101N2/c1-4-7-10-12-14-16-18-20-22-24-26-28-30-32-34-36-38-40-51-59(52-41-39-37-35-33-31-29-27-25-23-21-19-17-15-13-11-8-5-2)57-46-44-55(45-47-57)42-43-56-48-53-58(54-49-56)50-9-6-3/h42-49,53-54H,4-41,50-52H2,1-3H3/q+1. The van der Waals surface area contributed by atoms with Crippen LogP contribution in [0.15, 0.2) is 48.8 Å². The highest BCUT2D eigenvalue weighted by Crippen LogP contribution is 2.21. The number of aryl methyl sites for hydroxylation is 1. The Morgan fingerprint density at radius 3 is 0.898 bits per heavy atom. The molecule has 1 aromatic carbocycles. The van der Waals surface area contributed by atoms with E-state index in [0.29, 0.717) is 0 Å². The quantitative estimate of drug-likeness (QED) is 0.0477. The van der Waals surface area contributed by atoms with E-state index >= 15 is 0 Å². The van der Waals surface area contributed by atoms with E-state index in [9.17, 15) is 0 Å². The molecule has 0 saturated heterocycles. The third-order valence-corrected chi connectivity index (χ3v) is 13.0. The van der Waals surface area contributed by atoms with Gasteiger partial charge in [0.25, 0.3) is 0 Å². The van der Waals surface area contributed by atoms with E-state index in [4.69, 9.17) is 0 Å². The molecule has 2 rings (SSSR count). The zero-order valence-electron chi connectivity index (χ0n) is 40.2. The van der Waals surface area contributed by atoms with Gasteiger partial charge >= 0.3 is 0 Å². The molecule has 2 aromatic rings. The Kier molecular flexibility index (Phi) is 37.1. The van der Waals surface area contributed by atoms with Crippen LogP contribution in [-0.2, 0) is 6.54 Å². The molecule has 0 aliphatic rings. The molecular weight excluding hydrogens is 713 g/mol. The maximum absolute atomic E-state index is 2.71. The Bertz CT molecular complexity index is 1110. The highest BCUT2D eigenvalue weighted by molar-refractivity contribution is 5.70. The predicted molar refractivity (Wildman–Crippen MR) is 267 cm³/mol. The van der Waals surface area contributed by atoms with Crippen molar-refractivity contribution in [3.05, 3.63) is 59.9 Å². The topological polar surface area (TPSA) is 7.12 Å². The highest BCUT2D eigenvalue weighted by atomic mass is 15.1. The summed E-state index contributed by atoms with van der Waals surface area (Å²) in [6, 6.07) is 13.9. The molecule has 0 fully saturated rings. The number of hydrogen-bond acceptors (Lipinski definition) is 1. The summed E-state index contributed by atoms with van der Waals surface area (Å²) in [7, 11) is 0. The van der Waals surface area contributed by atoms with E-state index in [-0.39, 0.29) is 0 Å². The smallest absolute Gasteiger partial charge is 0.169 e. The number of anilines is 1. The van der Waals surface area contributed by atoms with Crippen molar-refractivity contribution in [1.82, 2.24) is 0 Å². The van der Waals surface area contributed by atoms with Crippen LogP contribution in [0.2, 0.25) is 0 Å². The van der Waals surface area contributed by atoms with Gasteiger partial charge in [-0.15, -0.1) is 0 Å². The predicted octanol–water partition coefficient (Wildman–Crippen LogP) is 18.8. The van der Waals surface area contributed by atoms with Crippen LogP contribution in [0.3, 0.4) is 0 Å². The Morgan fingerprint density at radius 1 is 0.322 bits per heavy atom. The lowest BCUT2D eigenvalue weighted by molar-refractivity contribution is -0.697. The fourth-order valence-corrected chi connectivity index (χ4v) is 8.84. The third-order valence-electron chi connectivity index (χ3n) is 13.0. The van der Waals surface area contributed by atoms with Crippen LogP contribution < -0.4 is 9.47 Å². The molecule has 59 heavy (non-hydrogen) atoms. The number of hydrogen-bond donors (Lipinski definition) is 0. The van der Waals surface area contributed by atoms with Crippen LogP contribution in [0.4, 0.5) is 5.69 Å². The number of pyridine rings is 1. The number of unbranched alkanes of at least 4 members (excludes halogenated alkanes) is 35. The second kappa shape index (κ2) is 41.3. The molecule has 1 heterocycles. The van der Waals surface area contributed by atoms with Gasteiger partial charge in [0.2, 0.25) is 0 Å². The summed E-state index contributed by atoms with van der Waals surface area (Å²) in [5.41, 5.74) is 3.97. The minimum absolute atomic E-state index is 1.11. The van der Waals surface area contributed by atoms with E-state index in [2.05, 4.69) is 91.2 Å². The maximum atomic E-state index is 2.71. The van der Waals surface area contributed by atoms with Crippen molar-refractivity contribution in [1.29, 1.82) is 0 Å². The zero-order chi connectivity index (χ0) is 41.9. The molecule has 2 heteroatoms. The molecule has 0 atom stereocenters. The van der Waals surface area contributed by atoms with E-state index in [1.165, 1.54) is 274 Å². The number of benzene rings is 1. The lowest BCUT2D eigenvalue weighted by atomic mass is 10.0. The first-order chi connectivity index (χ1) is 29.3. The molecule has 0 saturated carbocycles. The second-order valence-electron chi connectivity index (χ2n) is 18.7. The van der Waals surface area contributed by atoms with Gasteiger partial charge in [-0.25, -0.2) is 4.57 Å². The fraction of sp³-hybridized carbons (Fsp3) is 0.772. The summed E-state index contributed by atoms with van der Waals surface area (Å²) in [6.07, 6.45) is 63.2. The van der Waals surface area contributed by atoms with Crippen molar-refractivity contribution in [3.63, 3.8) is 0 Å². The number of rotatable bonds is 44. The Hall–Kier alpha value is -2.09. The summed E-state index contributed by atoms with van der Waals surface area (Å²) >= 11 is 0. The first-order valence-electron chi connectivity index (χ1n) is 26.8. The molecular formula is C57H101N2+. The van der Waals surface area contributed by atoms with Crippen LogP contribution in [0.25, 0.3) is 12.2 Å². The number of aromatic nitrogens is 1. The highest BCUT2D eigenvalue weighted by Gasteiger charge is 2.07. The molecule has 0 amide bonds. The van der Waals surface area contributed by atoms with Gasteiger partial charge in [-0.2, -0.15) is 0 Å². The summed E-state index contributed by atoms with van der Waals surface area (Å²) in [6.45, 7) is 10.4. The van der Waals surface area contributed by atoms with Crippen LogP contribution in [-0.4, -0.2) is 13.1 Å². The molecule has 2 nitrogen and oxygen atoms in total. The van der Waals surface area contributed by atoms with Gasteiger partial charge in [0, 0.05) is 37.3 Å². The van der Waals surface area contributed by atoms with Crippen LogP contribution >= 0.6 is 0 Å². The second-order valence-corrected chi connectivity index (χ2v) is 18.7. The summed E-state index contributed by atoms with van der Waals surface area (Å²) in [5.74, 6) is 0. The van der Waals surface area contributed by atoms with Crippen molar-refractivity contribution >= 4 is 17.8 Å². The third kappa shape index (κ3) is 32.3. The monoisotopic (exact) mass is 814 g/mol. The van der Waals surface area contributed by atoms with E-state index in [1.54, 1.807) is 0 Å². The minimum Gasteiger partial charge on any atom is -0.372 e. The first-order valence-corrected chi connectivity index (χ1v) is 26.8.